The van der Waals surface area contributed by atoms with Gasteiger partial charge in [-0.1, -0.05) is 30.3 Å². The first-order valence-electron chi connectivity index (χ1n) is 8.19. The third kappa shape index (κ3) is 5.34. The van der Waals surface area contributed by atoms with Crippen LogP contribution in [0.2, 0.25) is 0 Å². The molecule has 1 amide bonds. The van der Waals surface area contributed by atoms with Gasteiger partial charge < -0.3 is 5.73 Å². The van der Waals surface area contributed by atoms with Gasteiger partial charge >= 0.3 is 0 Å². The quantitative estimate of drug-likeness (QED) is 0.411. The van der Waals surface area contributed by atoms with Crippen LogP contribution in [0.5, 0.6) is 0 Å². The maximum atomic E-state index is 13.1. The minimum Gasteiger partial charge on any atom is -0.399 e. The second-order valence-corrected chi connectivity index (χ2v) is 5.73. The van der Waals surface area contributed by atoms with E-state index in [0.717, 1.165) is 11.1 Å². The smallest absolute Gasteiger partial charge is 0.271 e. The summed E-state index contributed by atoms with van der Waals surface area (Å²) >= 11 is 0. The molecule has 0 aliphatic rings. The van der Waals surface area contributed by atoms with E-state index in [1.54, 1.807) is 48.8 Å². The highest BCUT2D eigenvalue weighted by molar-refractivity contribution is 5.95. The van der Waals surface area contributed by atoms with Crippen LogP contribution in [0.25, 0.3) is 0 Å². The molecular weight excluding hydrogens is 343 g/mol. The van der Waals surface area contributed by atoms with Crippen molar-refractivity contribution in [2.45, 2.75) is 0 Å². The predicted octanol–water partition coefficient (Wildman–Crippen LogP) is 3.92. The van der Waals surface area contributed by atoms with E-state index in [-0.39, 0.29) is 11.7 Å². The van der Waals surface area contributed by atoms with Gasteiger partial charge in [-0.15, -0.1) is 0 Å². The molecule has 0 radical (unpaired) electrons. The zero-order valence-corrected chi connectivity index (χ0v) is 14.3. The molecule has 0 aliphatic carbocycles. The number of nitrogen functional groups attached to an aromatic ring is 1. The van der Waals surface area contributed by atoms with Crippen molar-refractivity contribution in [2.75, 3.05) is 5.73 Å². The second-order valence-electron chi connectivity index (χ2n) is 5.73. The molecule has 134 valence electrons. The first kappa shape index (κ1) is 18.0. The number of aliphatic imine (C=N–C) groups is 1. The molecule has 0 aliphatic heterocycles. The van der Waals surface area contributed by atoms with Crippen molar-refractivity contribution >= 4 is 29.7 Å². The van der Waals surface area contributed by atoms with Crippen molar-refractivity contribution < 1.29 is 9.18 Å². The van der Waals surface area contributed by atoms with E-state index in [1.807, 2.05) is 24.3 Å². The number of nitrogens with two attached hydrogens (primary N) is 1. The van der Waals surface area contributed by atoms with Gasteiger partial charge in [0.15, 0.2) is 0 Å². The lowest BCUT2D eigenvalue weighted by molar-refractivity contribution is 0.0955. The van der Waals surface area contributed by atoms with Crippen LogP contribution in [-0.2, 0) is 0 Å². The van der Waals surface area contributed by atoms with Gasteiger partial charge in [-0.2, -0.15) is 5.10 Å². The van der Waals surface area contributed by atoms with Crippen molar-refractivity contribution in [3.63, 3.8) is 0 Å². The number of anilines is 1. The molecule has 0 heterocycles. The summed E-state index contributed by atoms with van der Waals surface area (Å²) in [7, 11) is 0. The van der Waals surface area contributed by atoms with Crippen LogP contribution in [0.4, 0.5) is 15.8 Å². The summed E-state index contributed by atoms with van der Waals surface area (Å²) in [6.45, 7) is 0. The van der Waals surface area contributed by atoms with Gasteiger partial charge in [-0.25, -0.2) is 9.82 Å². The van der Waals surface area contributed by atoms with Gasteiger partial charge in [-0.3, -0.25) is 9.79 Å². The Kier molecular flexibility index (Phi) is 5.69. The molecule has 27 heavy (non-hydrogen) atoms. The Morgan fingerprint density at radius 2 is 1.59 bits per heavy atom. The summed E-state index contributed by atoms with van der Waals surface area (Å²) in [5.41, 5.74) is 11.3. The molecule has 3 aromatic rings. The lowest BCUT2D eigenvalue weighted by Gasteiger charge is -2.00. The summed E-state index contributed by atoms with van der Waals surface area (Å²) in [4.78, 5) is 16.2. The molecule has 3 N–H and O–H groups in total. The van der Waals surface area contributed by atoms with Gasteiger partial charge in [-0.05, 0) is 53.6 Å². The third-order valence-electron chi connectivity index (χ3n) is 3.66. The molecule has 0 saturated carbocycles. The van der Waals surface area contributed by atoms with Crippen LogP contribution in [0.1, 0.15) is 21.5 Å². The van der Waals surface area contributed by atoms with E-state index in [2.05, 4.69) is 15.5 Å². The molecule has 0 atom stereocenters. The van der Waals surface area contributed by atoms with Crippen LogP contribution in [0, 0.1) is 5.82 Å². The summed E-state index contributed by atoms with van der Waals surface area (Å²) in [6, 6.07) is 20.0. The lowest BCUT2D eigenvalue weighted by atomic mass is 10.1. The standard InChI is InChI=1S/C21H17FN4O/c22-18-2-1-3-20(12-18)24-13-15-4-6-16(7-5-15)14-25-26-21(27)17-8-10-19(23)11-9-17/h1-14H,23H2,(H,26,27). The van der Waals surface area contributed by atoms with Crippen molar-refractivity contribution in [2.24, 2.45) is 10.1 Å². The van der Waals surface area contributed by atoms with Crippen molar-refractivity contribution in [3.05, 3.63) is 95.3 Å². The zero-order valence-electron chi connectivity index (χ0n) is 14.3. The maximum absolute atomic E-state index is 13.1. The monoisotopic (exact) mass is 360 g/mol. The number of halogens is 1. The molecule has 0 fully saturated rings. The lowest BCUT2D eigenvalue weighted by Crippen LogP contribution is -2.17. The van der Waals surface area contributed by atoms with Crippen LogP contribution < -0.4 is 11.2 Å². The van der Waals surface area contributed by atoms with E-state index in [4.69, 9.17) is 5.73 Å². The number of nitrogens with zero attached hydrogens (tertiary/aromatic N) is 2. The Morgan fingerprint density at radius 3 is 2.26 bits per heavy atom. The van der Waals surface area contributed by atoms with Crippen LogP contribution in [-0.4, -0.2) is 18.3 Å². The molecule has 0 spiro atoms. The molecule has 0 saturated heterocycles. The molecule has 5 nitrogen and oxygen atoms in total. The maximum Gasteiger partial charge on any atom is 0.271 e. The number of carbonyl (C=O) groups excluding carboxylic acids is 1. The van der Waals surface area contributed by atoms with Crippen molar-refractivity contribution in [3.8, 4) is 0 Å². The summed E-state index contributed by atoms with van der Waals surface area (Å²) in [5, 5.41) is 3.94. The van der Waals surface area contributed by atoms with Crippen LogP contribution in [0.3, 0.4) is 0 Å². The van der Waals surface area contributed by atoms with Gasteiger partial charge in [0, 0.05) is 17.5 Å². The van der Waals surface area contributed by atoms with Gasteiger partial charge in [0.05, 0.1) is 11.9 Å². The molecular formula is C21H17FN4O. The number of benzene rings is 3. The van der Waals surface area contributed by atoms with Crippen LogP contribution >= 0.6 is 0 Å². The first-order chi connectivity index (χ1) is 13.1. The van der Waals surface area contributed by atoms with E-state index in [9.17, 15) is 9.18 Å². The fourth-order valence-corrected chi connectivity index (χ4v) is 2.24. The molecule has 3 aromatic carbocycles. The Bertz CT molecular complexity index is 980. The SMILES string of the molecule is Nc1ccc(C(=O)NN=Cc2ccc(C=Nc3cccc(F)c3)cc2)cc1. The number of hydrogen-bond acceptors (Lipinski definition) is 4. The normalized spacial score (nSPS) is 11.1. The molecule has 0 bridgehead atoms. The average Bonchev–Trinajstić information content (AvgIpc) is 2.68. The fraction of sp³-hybridized carbons (Fsp3) is 0. The molecule has 0 aromatic heterocycles. The Hall–Kier alpha value is -3.80. The summed E-state index contributed by atoms with van der Waals surface area (Å²) in [5.74, 6) is -0.637. The first-order valence-corrected chi connectivity index (χ1v) is 8.19. The Morgan fingerprint density at radius 1 is 0.926 bits per heavy atom. The van der Waals surface area contributed by atoms with Crippen LogP contribution in [0.15, 0.2) is 82.9 Å². The fourth-order valence-electron chi connectivity index (χ4n) is 2.24. The minimum atomic E-state index is -0.322. The van der Waals surface area contributed by atoms with E-state index < -0.39 is 0 Å². The number of nitrogens with one attached hydrogen (secondary N) is 1. The molecule has 3 rings (SSSR count). The van der Waals surface area contributed by atoms with Crippen molar-refractivity contribution in [1.29, 1.82) is 0 Å². The van der Waals surface area contributed by atoms with Gasteiger partial charge in [0.1, 0.15) is 5.82 Å². The van der Waals surface area contributed by atoms with E-state index in [0.29, 0.717) is 16.9 Å². The summed E-state index contributed by atoms with van der Waals surface area (Å²) in [6.07, 6.45) is 3.20. The number of carbonyl (C=O) groups is 1. The average molecular weight is 360 g/mol. The minimum absolute atomic E-state index is 0.315. The molecule has 6 heteroatoms. The van der Waals surface area contributed by atoms with Gasteiger partial charge in [0.25, 0.3) is 5.91 Å². The highest BCUT2D eigenvalue weighted by atomic mass is 19.1. The largest absolute Gasteiger partial charge is 0.399 e. The molecule has 0 unspecified atom stereocenters. The van der Waals surface area contributed by atoms with E-state index in [1.165, 1.54) is 12.1 Å². The number of rotatable bonds is 5. The number of hydrazone groups is 1. The highest BCUT2D eigenvalue weighted by Crippen LogP contribution is 2.13. The highest BCUT2D eigenvalue weighted by Gasteiger charge is 2.02. The van der Waals surface area contributed by atoms with E-state index >= 15 is 0 Å². The Balaban J connectivity index is 1.57. The zero-order chi connectivity index (χ0) is 19.1. The summed E-state index contributed by atoms with van der Waals surface area (Å²) < 4.78 is 13.1. The topological polar surface area (TPSA) is 79.8 Å². The number of amides is 1. The number of hydrogen-bond donors (Lipinski definition) is 2. The Labute approximate surface area is 156 Å². The third-order valence-corrected chi connectivity index (χ3v) is 3.66. The second kappa shape index (κ2) is 8.53. The van der Waals surface area contributed by atoms with Gasteiger partial charge in [0.2, 0.25) is 0 Å². The van der Waals surface area contributed by atoms with Crippen molar-refractivity contribution in [1.82, 2.24) is 5.43 Å². The predicted molar refractivity (Wildman–Crippen MR) is 106 cm³/mol.